The molecule has 0 atom stereocenters. The Hall–Kier alpha value is -1.77. The number of rotatable bonds is 7. The number of hydrogen-bond donors (Lipinski definition) is 0. The molecule has 1 aliphatic carbocycles. The maximum Gasteiger partial charge on any atom is 0.246 e. The van der Waals surface area contributed by atoms with E-state index in [0.29, 0.717) is 18.6 Å². The average molecular weight is 287 g/mol. The molecule has 0 aromatic heterocycles. The Morgan fingerprint density at radius 1 is 1.38 bits per heavy atom. The maximum absolute atomic E-state index is 12.4. The molecule has 3 nitrogen and oxygen atoms in total. The van der Waals surface area contributed by atoms with Crippen LogP contribution in [-0.4, -0.2) is 30.0 Å². The average Bonchev–Trinajstić information content (AvgIpc) is 3.28. The van der Waals surface area contributed by atoms with Crippen LogP contribution in [0.15, 0.2) is 30.3 Å². The number of hydrogen-bond acceptors (Lipinski definition) is 2. The minimum Gasteiger partial charge on any atom is -0.493 e. The zero-order valence-corrected chi connectivity index (χ0v) is 13.2. The highest BCUT2D eigenvalue weighted by atomic mass is 16.5. The summed E-state index contributed by atoms with van der Waals surface area (Å²) in [6.07, 6.45) is 5.82. The normalized spacial score (nSPS) is 14.7. The Bertz CT molecular complexity index is 504. The fraction of sp³-hybridized carbons (Fsp3) is 0.500. The van der Waals surface area contributed by atoms with Gasteiger partial charge in [-0.25, -0.2) is 0 Å². The van der Waals surface area contributed by atoms with E-state index in [4.69, 9.17) is 4.74 Å². The van der Waals surface area contributed by atoms with Crippen LogP contribution in [-0.2, 0) is 4.79 Å². The molecule has 3 heteroatoms. The molecular weight excluding hydrogens is 262 g/mol. The number of benzene rings is 1. The van der Waals surface area contributed by atoms with Crippen LogP contribution < -0.4 is 4.74 Å². The van der Waals surface area contributed by atoms with Crippen molar-refractivity contribution in [1.82, 2.24) is 4.90 Å². The Labute approximate surface area is 127 Å². The van der Waals surface area contributed by atoms with Gasteiger partial charge in [0, 0.05) is 24.2 Å². The van der Waals surface area contributed by atoms with Gasteiger partial charge in [0.15, 0.2) is 0 Å². The number of amides is 1. The van der Waals surface area contributed by atoms with Crippen molar-refractivity contribution in [3.05, 3.63) is 35.9 Å². The molecule has 0 saturated heterocycles. The van der Waals surface area contributed by atoms with Crippen LogP contribution in [0, 0.1) is 5.92 Å². The molecule has 0 N–H and O–H groups in total. The number of nitrogens with zero attached hydrogens (tertiary/aromatic N) is 1. The maximum atomic E-state index is 12.4. The predicted octanol–water partition coefficient (Wildman–Crippen LogP) is 3.75. The van der Waals surface area contributed by atoms with Crippen LogP contribution >= 0.6 is 0 Å². The second-order valence-corrected chi connectivity index (χ2v) is 5.92. The summed E-state index contributed by atoms with van der Waals surface area (Å²) in [6, 6.07) is 8.25. The standard InChI is InChI=1S/C18H25NO2/c1-4-21-17-8-6-5-7-15(17)9-12-18(20)19(13-14(2)3)16-10-11-16/h5-9,12,14,16H,4,10-11,13H2,1-3H3/b12-9+. The summed E-state index contributed by atoms with van der Waals surface area (Å²) in [6.45, 7) is 7.72. The molecule has 2 rings (SSSR count). The number of carbonyl (C=O) groups is 1. The molecule has 1 aromatic rings. The topological polar surface area (TPSA) is 29.5 Å². The first kappa shape index (κ1) is 15.6. The minimum absolute atomic E-state index is 0.109. The molecule has 1 fully saturated rings. The third-order valence-corrected chi connectivity index (χ3v) is 3.46. The van der Waals surface area contributed by atoms with Crippen LogP contribution in [0.1, 0.15) is 39.2 Å². The summed E-state index contributed by atoms with van der Waals surface area (Å²) in [5.74, 6) is 1.43. The molecule has 0 spiro atoms. The zero-order chi connectivity index (χ0) is 15.2. The minimum atomic E-state index is 0.109. The Morgan fingerprint density at radius 3 is 2.71 bits per heavy atom. The fourth-order valence-electron chi connectivity index (χ4n) is 2.36. The first-order chi connectivity index (χ1) is 10.1. The zero-order valence-electron chi connectivity index (χ0n) is 13.2. The van der Waals surface area contributed by atoms with E-state index in [9.17, 15) is 4.79 Å². The van der Waals surface area contributed by atoms with Crippen molar-refractivity contribution in [3.63, 3.8) is 0 Å². The van der Waals surface area contributed by atoms with Crippen LogP contribution in [0.25, 0.3) is 6.08 Å². The molecular formula is C18H25NO2. The summed E-state index contributed by atoms with van der Waals surface area (Å²) >= 11 is 0. The van der Waals surface area contributed by atoms with Crippen LogP contribution in [0.3, 0.4) is 0 Å². The largest absolute Gasteiger partial charge is 0.493 e. The van der Waals surface area contributed by atoms with Crippen molar-refractivity contribution in [1.29, 1.82) is 0 Å². The number of carbonyl (C=O) groups excluding carboxylic acids is 1. The lowest BCUT2D eigenvalue weighted by molar-refractivity contribution is -0.127. The number of ether oxygens (including phenoxy) is 1. The van der Waals surface area contributed by atoms with E-state index in [1.165, 1.54) is 0 Å². The van der Waals surface area contributed by atoms with E-state index < -0.39 is 0 Å². The van der Waals surface area contributed by atoms with Crippen molar-refractivity contribution in [2.75, 3.05) is 13.2 Å². The van der Waals surface area contributed by atoms with Gasteiger partial charge >= 0.3 is 0 Å². The summed E-state index contributed by atoms with van der Waals surface area (Å²) in [7, 11) is 0. The molecule has 1 aliphatic rings. The monoisotopic (exact) mass is 287 g/mol. The molecule has 0 bridgehead atoms. The van der Waals surface area contributed by atoms with E-state index in [0.717, 1.165) is 30.7 Å². The van der Waals surface area contributed by atoms with Gasteiger partial charge in [0.05, 0.1) is 6.61 Å². The molecule has 21 heavy (non-hydrogen) atoms. The van der Waals surface area contributed by atoms with Gasteiger partial charge in [-0.3, -0.25) is 4.79 Å². The Kier molecular flexibility index (Phi) is 5.43. The van der Waals surface area contributed by atoms with Gasteiger partial charge in [0.25, 0.3) is 0 Å². The lowest BCUT2D eigenvalue weighted by Gasteiger charge is -2.22. The van der Waals surface area contributed by atoms with Crippen LogP contribution in [0.5, 0.6) is 5.75 Å². The predicted molar refractivity (Wildman–Crippen MR) is 86.2 cm³/mol. The van der Waals surface area contributed by atoms with E-state index >= 15 is 0 Å². The quantitative estimate of drug-likeness (QED) is 0.715. The molecule has 1 amide bonds. The lowest BCUT2D eigenvalue weighted by Crippen LogP contribution is -2.34. The van der Waals surface area contributed by atoms with Gasteiger partial charge in [-0.05, 0) is 37.8 Å². The third kappa shape index (κ3) is 4.62. The van der Waals surface area contributed by atoms with Crippen molar-refractivity contribution >= 4 is 12.0 Å². The van der Waals surface area contributed by atoms with Crippen molar-refractivity contribution in [2.45, 2.75) is 39.7 Å². The van der Waals surface area contributed by atoms with E-state index in [1.54, 1.807) is 6.08 Å². The first-order valence-corrected chi connectivity index (χ1v) is 7.82. The highest BCUT2D eigenvalue weighted by Gasteiger charge is 2.31. The smallest absolute Gasteiger partial charge is 0.246 e. The second-order valence-electron chi connectivity index (χ2n) is 5.92. The fourth-order valence-corrected chi connectivity index (χ4v) is 2.36. The molecule has 0 heterocycles. The Morgan fingerprint density at radius 2 is 2.10 bits per heavy atom. The van der Waals surface area contributed by atoms with Crippen LogP contribution in [0.2, 0.25) is 0 Å². The third-order valence-electron chi connectivity index (χ3n) is 3.46. The summed E-state index contributed by atoms with van der Waals surface area (Å²) in [5.41, 5.74) is 0.952. The lowest BCUT2D eigenvalue weighted by atomic mass is 10.1. The highest BCUT2D eigenvalue weighted by Crippen LogP contribution is 2.28. The van der Waals surface area contributed by atoms with Crippen LogP contribution in [0.4, 0.5) is 0 Å². The van der Waals surface area contributed by atoms with Gasteiger partial charge in [-0.1, -0.05) is 32.0 Å². The van der Waals surface area contributed by atoms with E-state index in [-0.39, 0.29) is 5.91 Å². The Balaban J connectivity index is 2.06. The van der Waals surface area contributed by atoms with Gasteiger partial charge in [0.1, 0.15) is 5.75 Å². The molecule has 1 saturated carbocycles. The second kappa shape index (κ2) is 7.30. The van der Waals surface area contributed by atoms with Gasteiger partial charge < -0.3 is 9.64 Å². The molecule has 0 radical (unpaired) electrons. The SMILES string of the molecule is CCOc1ccccc1/C=C/C(=O)N(CC(C)C)C1CC1. The van der Waals surface area contributed by atoms with Gasteiger partial charge in [-0.15, -0.1) is 0 Å². The summed E-state index contributed by atoms with van der Waals surface area (Å²) in [5, 5.41) is 0. The van der Waals surface area contributed by atoms with Crippen molar-refractivity contribution in [3.8, 4) is 5.75 Å². The van der Waals surface area contributed by atoms with E-state index in [1.807, 2.05) is 42.2 Å². The molecule has 0 unspecified atom stereocenters. The molecule has 0 aliphatic heterocycles. The number of para-hydroxylation sites is 1. The first-order valence-electron chi connectivity index (χ1n) is 7.82. The molecule has 114 valence electrons. The molecule has 1 aromatic carbocycles. The summed E-state index contributed by atoms with van der Waals surface area (Å²) < 4.78 is 5.58. The highest BCUT2D eigenvalue weighted by molar-refractivity contribution is 5.92. The summed E-state index contributed by atoms with van der Waals surface area (Å²) in [4.78, 5) is 14.4. The van der Waals surface area contributed by atoms with Gasteiger partial charge in [0.2, 0.25) is 5.91 Å². The van der Waals surface area contributed by atoms with E-state index in [2.05, 4.69) is 13.8 Å². The van der Waals surface area contributed by atoms with Crippen molar-refractivity contribution < 1.29 is 9.53 Å². The van der Waals surface area contributed by atoms with Crippen molar-refractivity contribution in [2.24, 2.45) is 5.92 Å². The van der Waals surface area contributed by atoms with Gasteiger partial charge in [-0.2, -0.15) is 0 Å².